The molecular formula is C13H17NO3. The smallest absolute Gasteiger partial charge is 0.224 e. The van der Waals surface area contributed by atoms with Crippen LogP contribution in [0.4, 0.5) is 5.69 Å². The summed E-state index contributed by atoms with van der Waals surface area (Å²) in [5.74, 6) is 1.42. The van der Waals surface area contributed by atoms with Crippen LogP contribution in [0.3, 0.4) is 0 Å². The van der Waals surface area contributed by atoms with E-state index < -0.39 is 0 Å². The SMILES string of the molecule is COc1cc2c(cc1OC)NC(=O)CCCC2. The molecule has 4 nitrogen and oxygen atoms in total. The van der Waals surface area contributed by atoms with E-state index in [9.17, 15) is 4.79 Å². The fourth-order valence-electron chi connectivity index (χ4n) is 2.06. The summed E-state index contributed by atoms with van der Waals surface area (Å²) >= 11 is 0. The number of amides is 1. The Bertz CT molecular complexity index is 429. The lowest BCUT2D eigenvalue weighted by Crippen LogP contribution is -2.15. The molecule has 0 atom stereocenters. The summed E-state index contributed by atoms with van der Waals surface area (Å²) in [5, 5.41) is 2.91. The van der Waals surface area contributed by atoms with Gasteiger partial charge in [-0.15, -0.1) is 0 Å². The van der Waals surface area contributed by atoms with E-state index in [0.29, 0.717) is 17.9 Å². The Morgan fingerprint density at radius 3 is 2.41 bits per heavy atom. The van der Waals surface area contributed by atoms with Crippen molar-refractivity contribution in [3.05, 3.63) is 17.7 Å². The number of nitrogens with one attached hydrogen (secondary N) is 1. The molecule has 1 aromatic rings. The standard InChI is InChI=1S/C13H17NO3/c1-16-11-7-9-5-3-4-6-13(15)14-10(9)8-12(11)17-2/h7-8H,3-6H2,1-2H3,(H,14,15). The quantitative estimate of drug-likeness (QED) is 0.856. The van der Waals surface area contributed by atoms with Gasteiger partial charge in [-0.3, -0.25) is 4.79 Å². The monoisotopic (exact) mass is 235 g/mol. The maximum absolute atomic E-state index is 11.6. The number of methoxy groups -OCH3 is 2. The number of ether oxygens (including phenoxy) is 2. The molecule has 0 radical (unpaired) electrons. The van der Waals surface area contributed by atoms with Crippen LogP contribution in [-0.4, -0.2) is 20.1 Å². The van der Waals surface area contributed by atoms with Gasteiger partial charge < -0.3 is 14.8 Å². The van der Waals surface area contributed by atoms with Crippen LogP contribution in [-0.2, 0) is 11.2 Å². The summed E-state index contributed by atoms with van der Waals surface area (Å²) in [4.78, 5) is 11.6. The number of fused-ring (bicyclic) bond motifs is 1. The van der Waals surface area contributed by atoms with Gasteiger partial charge in [0.2, 0.25) is 5.91 Å². The highest BCUT2D eigenvalue weighted by Gasteiger charge is 2.15. The normalized spacial score (nSPS) is 15.3. The number of anilines is 1. The summed E-state index contributed by atoms with van der Waals surface area (Å²) in [5.41, 5.74) is 1.95. The molecule has 0 fully saturated rings. The Morgan fingerprint density at radius 2 is 1.71 bits per heavy atom. The van der Waals surface area contributed by atoms with Gasteiger partial charge in [0.05, 0.1) is 14.2 Å². The van der Waals surface area contributed by atoms with Gasteiger partial charge in [0, 0.05) is 18.2 Å². The fraction of sp³-hybridized carbons (Fsp3) is 0.462. The molecule has 1 aliphatic rings. The molecule has 4 heteroatoms. The van der Waals surface area contributed by atoms with E-state index in [-0.39, 0.29) is 5.91 Å². The van der Waals surface area contributed by atoms with Gasteiger partial charge in [0.1, 0.15) is 0 Å². The minimum Gasteiger partial charge on any atom is -0.493 e. The van der Waals surface area contributed by atoms with Crippen LogP contribution >= 0.6 is 0 Å². The predicted molar refractivity (Wildman–Crippen MR) is 65.7 cm³/mol. The first kappa shape index (κ1) is 11.8. The van der Waals surface area contributed by atoms with Gasteiger partial charge in [0.15, 0.2) is 11.5 Å². The van der Waals surface area contributed by atoms with E-state index in [0.717, 1.165) is 30.5 Å². The van der Waals surface area contributed by atoms with Gasteiger partial charge in [-0.2, -0.15) is 0 Å². The van der Waals surface area contributed by atoms with Crippen LogP contribution < -0.4 is 14.8 Å². The molecule has 0 spiro atoms. The van der Waals surface area contributed by atoms with Crippen molar-refractivity contribution in [2.45, 2.75) is 25.7 Å². The van der Waals surface area contributed by atoms with E-state index in [1.807, 2.05) is 12.1 Å². The first-order valence-corrected chi connectivity index (χ1v) is 5.79. The van der Waals surface area contributed by atoms with Gasteiger partial charge in [0.25, 0.3) is 0 Å². The maximum atomic E-state index is 11.6. The van der Waals surface area contributed by atoms with Crippen LogP contribution in [0, 0.1) is 0 Å². The van der Waals surface area contributed by atoms with Crippen molar-refractivity contribution in [1.82, 2.24) is 0 Å². The van der Waals surface area contributed by atoms with E-state index in [2.05, 4.69) is 5.32 Å². The van der Waals surface area contributed by atoms with Crippen molar-refractivity contribution in [2.24, 2.45) is 0 Å². The molecule has 17 heavy (non-hydrogen) atoms. The Hall–Kier alpha value is -1.71. The minimum absolute atomic E-state index is 0.0677. The molecule has 1 heterocycles. The third-order valence-corrected chi connectivity index (χ3v) is 2.98. The Morgan fingerprint density at radius 1 is 1.06 bits per heavy atom. The number of aryl methyl sites for hydroxylation is 1. The summed E-state index contributed by atoms with van der Waals surface area (Å²) in [7, 11) is 3.21. The van der Waals surface area contributed by atoms with Crippen LogP contribution in [0.5, 0.6) is 11.5 Å². The molecule has 0 aliphatic carbocycles. The van der Waals surface area contributed by atoms with Crippen molar-refractivity contribution in [3.8, 4) is 11.5 Å². The zero-order valence-electron chi connectivity index (χ0n) is 10.2. The van der Waals surface area contributed by atoms with E-state index >= 15 is 0 Å². The lowest BCUT2D eigenvalue weighted by molar-refractivity contribution is -0.116. The van der Waals surface area contributed by atoms with Gasteiger partial charge in [-0.05, 0) is 30.9 Å². The third kappa shape index (κ3) is 2.52. The highest BCUT2D eigenvalue weighted by Crippen LogP contribution is 2.34. The van der Waals surface area contributed by atoms with Crippen molar-refractivity contribution < 1.29 is 14.3 Å². The average molecular weight is 235 g/mol. The lowest BCUT2D eigenvalue weighted by Gasteiger charge is -2.17. The zero-order chi connectivity index (χ0) is 12.3. The number of benzene rings is 1. The topological polar surface area (TPSA) is 47.6 Å². The molecule has 1 N–H and O–H groups in total. The summed E-state index contributed by atoms with van der Waals surface area (Å²) < 4.78 is 10.5. The third-order valence-electron chi connectivity index (χ3n) is 2.98. The van der Waals surface area contributed by atoms with Crippen LogP contribution in [0.1, 0.15) is 24.8 Å². The minimum atomic E-state index is 0.0677. The highest BCUT2D eigenvalue weighted by atomic mass is 16.5. The molecule has 92 valence electrons. The van der Waals surface area contributed by atoms with Crippen molar-refractivity contribution in [1.29, 1.82) is 0 Å². The maximum Gasteiger partial charge on any atom is 0.224 e. The van der Waals surface area contributed by atoms with E-state index in [1.165, 1.54) is 0 Å². The van der Waals surface area contributed by atoms with Crippen LogP contribution in [0.25, 0.3) is 0 Å². The van der Waals surface area contributed by atoms with Crippen LogP contribution in [0.2, 0.25) is 0 Å². The molecule has 1 aromatic carbocycles. The van der Waals surface area contributed by atoms with E-state index in [4.69, 9.17) is 9.47 Å². The number of carbonyl (C=O) groups excluding carboxylic acids is 1. The molecule has 0 aromatic heterocycles. The van der Waals surface area contributed by atoms with Crippen molar-refractivity contribution >= 4 is 11.6 Å². The van der Waals surface area contributed by atoms with Crippen molar-refractivity contribution in [2.75, 3.05) is 19.5 Å². The number of rotatable bonds is 2. The first-order chi connectivity index (χ1) is 8.24. The second-order valence-corrected chi connectivity index (χ2v) is 4.12. The van der Waals surface area contributed by atoms with Crippen LogP contribution in [0.15, 0.2) is 12.1 Å². The summed E-state index contributed by atoms with van der Waals surface area (Å²) in [6.07, 6.45) is 3.50. The van der Waals surface area contributed by atoms with Gasteiger partial charge in [-0.1, -0.05) is 0 Å². The predicted octanol–water partition coefficient (Wildman–Crippen LogP) is 2.37. The van der Waals surface area contributed by atoms with E-state index in [1.54, 1.807) is 14.2 Å². The summed E-state index contributed by atoms with van der Waals surface area (Å²) in [6, 6.07) is 3.77. The van der Waals surface area contributed by atoms with Crippen molar-refractivity contribution in [3.63, 3.8) is 0 Å². The highest BCUT2D eigenvalue weighted by molar-refractivity contribution is 5.92. The van der Waals surface area contributed by atoms with Gasteiger partial charge in [-0.25, -0.2) is 0 Å². The Kier molecular flexibility index (Phi) is 3.52. The molecule has 0 saturated heterocycles. The zero-order valence-corrected chi connectivity index (χ0v) is 10.2. The number of carbonyl (C=O) groups is 1. The summed E-state index contributed by atoms with van der Waals surface area (Å²) in [6.45, 7) is 0. The number of hydrogen-bond donors (Lipinski definition) is 1. The first-order valence-electron chi connectivity index (χ1n) is 5.79. The molecule has 0 saturated carbocycles. The lowest BCUT2D eigenvalue weighted by atomic mass is 10.0. The Balaban J connectivity index is 2.41. The molecule has 1 aliphatic heterocycles. The molecule has 2 rings (SSSR count). The second-order valence-electron chi connectivity index (χ2n) is 4.12. The largest absolute Gasteiger partial charge is 0.493 e. The molecule has 1 amide bonds. The second kappa shape index (κ2) is 5.08. The average Bonchev–Trinajstić information content (AvgIpc) is 2.32. The Labute approximate surface area is 101 Å². The number of hydrogen-bond acceptors (Lipinski definition) is 3. The van der Waals surface area contributed by atoms with Gasteiger partial charge >= 0.3 is 0 Å². The molecular weight excluding hydrogens is 218 g/mol. The molecule has 0 bridgehead atoms. The fourth-order valence-corrected chi connectivity index (χ4v) is 2.06. The molecule has 0 unspecified atom stereocenters.